The summed E-state index contributed by atoms with van der Waals surface area (Å²) in [6, 6.07) is 16.8. The molecule has 0 aromatic heterocycles. The van der Waals surface area contributed by atoms with Crippen LogP contribution in [-0.4, -0.2) is 33.2 Å². The molecule has 1 aliphatic heterocycles. The molecule has 6 nitrogen and oxygen atoms in total. The summed E-state index contributed by atoms with van der Waals surface area (Å²) >= 11 is 6.22. The van der Waals surface area contributed by atoms with Crippen LogP contribution in [0.3, 0.4) is 0 Å². The van der Waals surface area contributed by atoms with Crippen LogP contribution >= 0.6 is 11.6 Å². The van der Waals surface area contributed by atoms with Crippen molar-refractivity contribution in [3.63, 3.8) is 0 Å². The van der Waals surface area contributed by atoms with Crippen LogP contribution < -0.4 is 25.0 Å². The minimum atomic E-state index is -0.445. The fraction of sp³-hybridized carbons (Fsp3) is 0.321. The predicted molar refractivity (Wildman–Crippen MR) is 143 cm³/mol. The van der Waals surface area contributed by atoms with Crippen molar-refractivity contribution in [1.82, 2.24) is 0 Å². The molecule has 2 unspecified atom stereocenters. The van der Waals surface area contributed by atoms with E-state index in [1.807, 2.05) is 73.3 Å². The minimum Gasteiger partial charge on any atom is -0.493 e. The molecule has 3 aromatic rings. The highest BCUT2D eigenvalue weighted by Gasteiger charge is 2.37. The van der Waals surface area contributed by atoms with Crippen LogP contribution in [0.2, 0.25) is 5.02 Å². The van der Waals surface area contributed by atoms with Crippen molar-refractivity contribution in [2.45, 2.75) is 38.8 Å². The summed E-state index contributed by atoms with van der Waals surface area (Å²) < 4.78 is 11.8. The number of anilines is 3. The Morgan fingerprint density at radius 1 is 1.09 bits per heavy atom. The summed E-state index contributed by atoms with van der Waals surface area (Å²) in [7, 11) is 5.59. The molecule has 0 spiro atoms. The molecule has 0 aliphatic carbocycles. The Morgan fingerprint density at radius 2 is 1.80 bits per heavy atom. The predicted octanol–water partition coefficient (Wildman–Crippen LogP) is 5.85. The molecule has 1 amide bonds. The second-order valence-corrected chi connectivity index (χ2v) is 9.50. The van der Waals surface area contributed by atoms with E-state index in [0.717, 1.165) is 34.5 Å². The Morgan fingerprint density at radius 3 is 2.40 bits per heavy atom. The Bertz CT molecular complexity index is 1230. The number of carbonyl (C=O) groups is 1. The lowest BCUT2D eigenvalue weighted by molar-refractivity contribution is -0.118. The molecule has 0 saturated carbocycles. The normalized spacial score (nSPS) is 16.0. The highest BCUT2D eigenvalue weighted by atomic mass is 35.5. The molecule has 4 rings (SSSR count). The van der Waals surface area contributed by atoms with Crippen molar-refractivity contribution in [3.8, 4) is 11.5 Å². The topological polar surface area (TPSA) is 68.0 Å². The Balaban J connectivity index is 1.92. The highest BCUT2D eigenvalue weighted by Crippen LogP contribution is 2.45. The van der Waals surface area contributed by atoms with Gasteiger partial charge in [0.25, 0.3) is 0 Å². The van der Waals surface area contributed by atoms with E-state index in [-0.39, 0.29) is 18.4 Å². The quantitative estimate of drug-likeness (QED) is 0.418. The number of hydrogen-bond donors (Lipinski definition) is 1. The first-order valence-electron chi connectivity index (χ1n) is 11.7. The number of rotatable bonds is 7. The van der Waals surface area contributed by atoms with Crippen molar-refractivity contribution in [2.75, 3.05) is 36.7 Å². The van der Waals surface area contributed by atoms with Crippen molar-refractivity contribution in [2.24, 2.45) is 0 Å². The largest absolute Gasteiger partial charge is 0.493 e. The standard InChI is InChI=1S/C28H32ClN3O3/c1-6-17(2)35-26-16-23-18(13-25(26)34-5)14-27(33)32(21-10-8-20(9-11-21)31(3)4)28(23)22-12-7-19(29)15-24(22)30/h7-13,15-17,28H,6,14,30H2,1-5H3. The summed E-state index contributed by atoms with van der Waals surface area (Å²) in [5, 5.41) is 0.547. The van der Waals surface area contributed by atoms with E-state index in [1.54, 1.807) is 19.2 Å². The van der Waals surface area contributed by atoms with Gasteiger partial charge in [-0.3, -0.25) is 4.79 Å². The van der Waals surface area contributed by atoms with Crippen molar-refractivity contribution >= 4 is 34.6 Å². The van der Waals surface area contributed by atoms with Gasteiger partial charge in [-0.15, -0.1) is 0 Å². The summed E-state index contributed by atoms with van der Waals surface area (Å²) in [6.07, 6.45) is 1.12. The third-order valence-corrected chi connectivity index (χ3v) is 6.71. The van der Waals surface area contributed by atoms with Gasteiger partial charge in [0.2, 0.25) is 5.91 Å². The average molecular weight is 494 g/mol. The molecule has 3 aromatic carbocycles. The number of halogens is 1. The average Bonchev–Trinajstić information content (AvgIpc) is 2.83. The maximum atomic E-state index is 13.6. The van der Waals surface area contributed by atoms with Crippen LogP contribution in [0, 0.1) is 0 Å². The van der Waals surface area contributed by atoms with Crippen molar-refractivity contribution < 1.29 is 14.3 Å². The van der Waals surface area contributed by atoms with Gasteiger partial charge in [0.1, 0.15) is 0 Å². The number of amides is 1. The van der Waals surface area contributed by atoms with Crippen molar-refractivity contribution in [1.29, 1.82) is 0 Å². The molecule has 1 aliphatic rings. The zero-order chi connectivity index (χ0) is 25.3. The van der Waals surface area contributed by atoms with Crippen LogP contribution in [0.15, 0.2) is 54.6 Å². The first kappa shape index (κ1) is 24.7. The number of nitrogens with two attached hydrogens (primary N) is 1. The second kappa shape index (κ2) is 10.1. The number of hydrogen-bond acceptors (Lipinski definition) is 5. The molecule has 0 bridgehead atoms. The molecular formula is C28H32ClN3O3. The highest BCUT2D eigenvalue weighted by molar-refractivity contribution is 6.30. The molecule has 1 heterocycles. The van der Waals surface area contributed by atoms with Gasteiger partial charge in [0.05, 0.1) is 25.7 Å². The number of nitrogens with zero attached hydrogens (tertiary/aromatic N) is 2. The van der Waals surface area contributed by atoms with Gasteiger partial charge in [0, 0.05) is 41.7 Å². The van der Waals surface area contributed by atoms with Crippen LogP contribution in [0.4, 0.5) is 17.1 Å². The second-order valence-electron chi connectivity index (χ2n) is 9.07. The van der Waals surface area contributed by atoms with Gasteiger partial charge in [-0.1, -0.05) is 24.6 Å². The molecular weight excluding hydrogens is 462 g/mol. The SMILES string of the molecule is CCC(C)Oc1cc2c(cc1OC)CC(=O)N(c1ccc(N(C)C)cc1)C2c1ccc(Cl)cc1N. The Hall–Kier alpha value is -3.38. The van der Waals surface area contributed by atoms with Gasteiger partial charge in [-0.25, -0.2) is 0 Å². The minimum absolute atomic E-state index is 0.0147. The van der Waals surface area contributed by atoms with E-state index in [4.69, 9.17) is 26.8 Å². The molecule has 2 N–H and O–H groups in total. The van der Waals surface area contributed by atoms with Gasteiger partial charge in [-0.05, 0) is 73.0 Å². The zero-order valence-corrected chi connectivity index (χ0v) is 21.6. The monoisotopic (exact) mass is 493 g/mol. The van der Waals surface area contributed by atoms with E-state index >= 15 is 0 Å². The van der Waals surface area contributed by atoms with E-state index in [9.17, 15) is 4.79 Å². The van der Waals surface area contributed by atoms with Gasteiger partial charge >= 0.3 is 0 Å². The third-order valence-electron chi connectivity index (χ3n) is 6.48. The zero-order valence-electron chi connectivity index (χ0n) is 20.8. The van der Waals surface area contributed by atoms with Crippen LogP contribution in [0.5, 0.6) is 11.5 Å². The van der Waals surface area contributed by atoms with E-state index in [2.05, 4.69) is 6.92 Å². The molecule has 0 saturated heterocycles. The number of ether oxygens (including phenoxy) is 2. The maximum absolute atomic E-state index is 13.6. The Labute approximate surface area is 212 Å². The number of benzene rings is 3. The van der Waals surface area contributed by atoms with Crippen LogP contribution in [0.25, 0.3) is 0 Å². The Kier molecular flexibility index (Phi) is 7.13. The van der Waals surface area contributed by atoms with Crippen molar-refractivity contribution in [3.05, 3.63) is 76.3 Å². The molecule has 0 fully saturated rings. The number of carbonyl (C=O) groups excluding carboxylic acids is 1. The summed E-state index contributed by atoms with van der Waals surface area (Å²) in [5.41, 5.74) is 11.5. The van der Waals surface area contributed by atoms with E-state index in [0.29, 0.717) is 22.2 Å². The lowest BCUT2D eigenvalue weighted by Gasteiger charge is -2.38. The number of methoxy groups -OCH3 is 1. The molecule has 0 radical (unpaired) electrons. The first-order valence-corrected chi connectivity index (χ1v) is 12.1. The lowest BCUT2D eigenvalue weighted by Crippen LogP contribution is -2.41. The van der Waals surface area contributed by atoms with Gasteiger partial charge < -0.3 is 25.0 Å². The van der Waals surface area contributed by atoms with Crippen LogP contribution in [-0.2, 0) is 11.2 Å². The smallest absolute Gasteiger partial charge is 0.232 e. The lowest BCUT2D eigenvalue weighted by atomic mass is 9.86. The van der Waals surface area contributed by atoms with E-state index < -0.39 is 6.04 Å². The summed E-state index contributed by atoms with van der Waals surface area (Å²) in [5.74, 6) is 1.24. The van der Waals surface area contributed by atoms with Gasteiger partial charge in [0.15, 0.2) is 11.5 Å². The number of fused-ring (bicyclic) bond motifs is 1. The fourth-order valence-electron chi connectivity index (χ4n) is 4.41. The molecule has 2 atom stereocenters. The molecule has 35 heavy (non-hydrogen) atoms. The molecule has 184 valence electrons. The van der Waals surface area contributed by atoms with E-state index in [1.165, 1.54) is 0 Å². The summed E-state index contributed by atoms with van der Waals surface area (Å²) in [4.78, 5) is 17.5. The fourth-order valence-corrected chi connectivity index (χ4v) is 4.59. The van der Waals surface area contributed by atoms with Crippen LogP contribution in [0.1, 0.15) is 43.0 Å². The third kappa shape index (κ3) is 4.89. The number of nitrogen functional groups attached to an aromatic ring is 1. The molecule has 7 heteroatoms. The van der Waals surface area contributed by atoms with Gasteiger partial charge in [-0.2, -0.15) is 0 Å². The maximum Gasteiger partial charge on any atom is 0.232 e. The summed E-state index contributed by atoms with van der Waals surface area (Å²) in [6.45, 7) is 4.10. The first-order chi connectivity index (χ1) is 16.7.